The lowest BCUT2D eigenvalue weighted by Gasteiger charge is -2.09. The highest BCUT2D eigenvalue weighted by Gasteiger charge is 2.13. The summed E-state index contributed by atoms with van der Waals surface area (Å²) >= 11 is 6.03. The van der Waals surface area contributed by atoms with Crippen LogP contribution < -0.4 is 10.2 Å². The van der Waals surface area contributed by atoms with E-state index in [2.05, 4.69) is 34.2 Å². The second-order valence-corrected chi connectivity index (χ2v) is 7.82. The fourth-order valence-corrected chi connectivity index (χ4v) is 3.81. The lowest BCUT2D eigenvalue weighted by Crippen LogP contribution is -2.17. The highest BCUT2D eigenvalue weighted by Crippen LogP contribution is 2.26. The second-order valence-electron chi connectivity index (χ2n) is 7.39. The summed E-state index contributed by atoms with van der Waals surface area (Å²) in [6, 6.07) is 23.0. The van der Waals surface area contributed by atoms with E-state index in [-0.39, 0.29) is 5.91 Å². The van der Waals surface area contributed by atoms with Gasteiger partial charge in [0.15, 0.2) is 0 Å². The first-order valence-corrected chi connectivity index (χ1v) is 10.8. The topological polar surface area (TPSA) is 55.6 Å². The van der Waals surface area contributed by atoms with Crippen LogP contribution in [0.5, 0.6) is 5.75 Å². The van der Waals surface area contributed by atoms with Crippen LogP contribution in [0.4, 0.5) is 0 Å². The molecule has 0 radical (unpaired) electrons. The molecule has 4 aromatic rings. The van der Waals surface area contributed by atoms with E-state index >= 15 is 0 Å². The number of halogens is 1. The predicted molar refractivity (Wildman–Crippen MR) is 130 cm³/mol. The molecule has 0 bridgehead atoms. The maximum absolute atomic E-state index is 12.4. The van der Waals surface area contributed by atoms with E-state index in [0.717, 1.165) is 45.0 Å². The summed E-state index contributed by atoms with van der Waals surface area (Å²) in [5.41, 5.74) is 7.45. The van der Waals surface area contributed by atoms with Crippen molar-refractivity contribution in [2.75, 3.05) is 6.61 Å². The Kier molecular flexibility index (Phi) is 6.57. The summed E-state index contributed by atoms with van der Waals surface area (Å²) in [4.78, 5) is 12.4. The van der Waals surface area contributed by atoms with Crippen LogP contribution in [0.15, 0.2) is 77.9 Å². The van der Waals surface area contributed by atoms with E-state index in [4.69, 9.17) is 16.3 Å². The van der Waals surface area contributed by atoms with Crippen molar-refractivity contribution in [3.8, 4) is 5.75 Å². The number of nitrogens with one attached hydrogen (secondary N) is 1. The normalized spacial score (nSPS) is 11.2. The van der Waals surface area contributed by atoms with Crippen LogP contribution in [-0.4, -0.2) is 23.3 Å². The molecule has 32 heavy (non-hydrogen) atoms. The molecule has 6 heteroatoms. The molecule has 1 N–H and O–H groups in total. The molecular formula is C26H24ClN3O2. The zero-order valence-electron chi connectivity index (χ0n) is 18.0. The number of hydrogen-bond acceptors (Lipinski definition) is 3. The van der Waals surface area contributed by atoms with Crippen molar-refractivity contribution >= 4 is 34.6 Å². The number of nitrogens with zero attached hydrogens (tertiary/aromatic N) is 2. The van der Waals surface area contributed by atoms with E-state index in [1.165, 1.54) is 0 Å². The van der Waals surface area contributed by atoms with Gasteiger partial charge in [0.1, 0.15) is 5.75 Å². The Bertz CT molecular complexity index is 1260. The van der Waals surface area contributed by atoms with Crippen LogP contribution in [0, 0.1) is 6.92 Å². The van der Waals surface area contributed by atoms with Crippen molar-refractivity contribution in [1.82, 2.24) is 9.99 Å². The molecule has 0 unspecified atom stereocenters. The van der Waals surface area contributed by atoms with Gasteiger partial charge < -0.3 is 9.30 Å². The number of hydrogen-bond donors (Lipinski definition) is 1. The Balaban J connectivity index is 1.56. The molecule has 0 aliphatic rings. The fraction of sp³-hybridized carbons (Fsp3) is 0.154. The van der Waals surface area contributed by atoms with Crippen LogP contribution in [0.25, 0.3) is 10.9 Å². The number of para-hydroxylation sites is 1. The largest absolute Gasteiger partial charge is 0.494 e. The number of amides is 1. The van der Waals surface area contributed by atoms with Crippen LogP contribution in [0.2, 0.25) is 5.02 Å². The monoisotopic (exact) mass is 445 g/mol. The van der Waals surface area contributed by atoms with Gasteiger partial charge in [-0.25, -0.2) is 5.43 Å². The number of rotatable bonds is 7. The molecule has 162 valence electrons. The van der Waals surface area contributed by atoms with Crippen LogP contribution in [0.1, 0.15) is 34.1 Å². The van der Waals surface area contributed by atoms with Crippen molar-refractivity contribution in [2.45, 2.75) is 20.4 Å². The Morgan fingerprint density at radius 1 is 1.06 bits per heavy atom. The van der Waals surface area contributed by atoms with Crippen molar-refractivity contribution in [2.24, 2.45) is 5.10 Å². The van der Waals surface area contributed by atoms with Gasteiger partial charge in [0.2, 0.25) is 0 Å². The highest BCUT2D eigenvalue weighted by atomic mass is 35.5. The number of ether oxygens (including phenoxy) is 1. The Hall–Kier alpha value is -3.57. The maximum Gasteiger partial charge on any atom is 0.271 e. The first-order valence-electron chi connectivity index (χ1n) is 10.5. The van der Waals surface area contributed by atoms with Crippen molar-refractivity contribution < 1.29 is 9.53 Å². The average molecular weight is 446 g/mol. The smallest absolute Gasteiger partial charge is 0.271 e. The maximum atomic E-state index is 12.4. The van der Waals surface area contributed by atoms with Gasteiger partial charge in [0.05, 0.1) is 12.8 Å². The molecule has 0 fully saturated rings. The summed E-state index contributed by atoms with van der Waals surface area (Å²) in [7, 11) is 0. The lowest BCUT2D eigenvalue weighted by atomic mass is 10.1. The standard InChI is InChI=1S/C26H24ClN3O2/c1-3-32-22-14-10-20(11-15-22)26(31)29-28-16-24-18(2)30(25-7-5-4-6-23(24)25)17-19-8-12-21(27)13-9-19/h4-16H,3,17H2,1-2H3,(H,29,31)/b28-16+. The molecule has 0 saturated heterocycles. The van der Waals surface area contributed by atoms with Gasteiger partial charge in [-0.15, -0.1) is 0 Å². The van der Waals surface area contributed by atoms with Gasteiger partial charge in [0.25, 0.3) is 5.91 Å². The number of benzene rings is 3. The molecule has 1 aromatic heterocycles. The number of carbonyl (C=O) groups is 1. The first-order chi connectivity index (χ1) is 15.6. The Morgan fingerprint density at radius 3 is 2.50 bits per heavy atom. The Labute approximate surface area is 192 Å². The molecule has 0 saturated carbocycles. The van der Waals surface area contributed by atoms with Gasteiger partial charge in [0, 0.05) is 39.3 Å². The van der Waals surface area contributed by atoms with Gasteiger partial charge >= 0.3 is 0 Å². The summed E-state index contributed by atoms with van der Waals surface area (Å²) in [5.74, 6) is 0.462. The summed E-state index contributed by atoms with van der Waals surface area (Å²) in [6.45, 7) is 5.28. The van der Waals surface area contributed by atoms with Crippen molar-refractivity contribution in [3.05, 3.63) is 100 Å². The molecule has 0 atom stereocenters. The molecule has 0 spiro atoms. The molecule has 0 aliphatic carbocycles. The number of hydrazone groups is 1. The number of aromatic nitrogens is 1. The predicted octanol–water partition coefficient (Wildman–Crippen LogP) is 5.81. The summed E-state index contributed by atoms with van der Waals surface area (Å²) in [6.07, 6.45) is 1.71. The fourth-order valence-electron chi connectivity index (χ4n) is 3.69. The minimum Gasteiger partial charge on any atom is -0.494 e. The third-order valence-corrected chi connectivity index (χ3v) is 5.57. The van der Waals surface area contributed by atoms with E-state index in [0.29, 0.717) is 12.2 Å². The first kappa shape index (κ1) is 21.7. The van der Waals surface area contributed by atoms with Gasteiger partial charge in [-0.05, 0) is 61.9 Å². The van der Waals surface area contributed by atoms with Gasteiger partial charge in [-0.2, -0.15) is 5.10 Å². The minimum atomic E-state index is -0.271. The molecule has 5 nitrogen and oxygen atoms in total. The second kappa shape index (κ2) is 9.71. The van der Waals surface area contributed by atoms with Crippen LogP contribution in [-0.2, 0) is 6.54 Å². The SMILES string of the molecule is CCOc1ccc(C(=O)N/N=C/c2c(C)n(Cc3ccc(Cl)cc3)c3ccccc23)cc1. The highest BCUT2D eigenvalue weighted by molar-refractivity contribution is 6.30. The summed E-state index contributed by atoms with van der Waals surface area (Å²) < 4.78 is 7.66. The zero-order valence-corrected chi connectivity index (χ0v) is 18.8. The van der Waals surface area contributed by atoms with Gasteiger partial charge in [-0.3, -0.25) is 4.79 Å². The molecule has 0 aliphatic heterocycles. The molecule has 1 amide bonds. The third kappa shape index (κ3) is 4.68. The van der Waals surface area contributed by atoms with Crippen molar-refractivity contribution in [3.63, 3.8) is 0 Å². The molecule has 3 aromatic carbocycles. The third-order valence-electron chi connectivity index (χ3n) is 5.32. The molecule has 4 rings (SSSR count). The van der Waals surface area contributed by atoms with E-state index in [1.54, 1.807) is 30.5 Å². The van der Waals surface area contributed by atoms with Gasteiger partial charge in [-0.1, -0.05) is 41.9 Å². The lowest BCUT2D eigenvalue weighted by molar-refractivity contribution is 0.0955. The van der Waals surface area contributed by atoms with Crippen LogP contribution in [0.3, 0.4) is 0 Å². The van der Waals surface area contributed by atoms with Crippen LogP contribution >= 0.6 is 11.6 Å². The number of fused-ring (bicyclic) bond motifs is 1. The van der Waals surface area contributed by atoms with Crippen molar-refractivity contribution in [1.29, 1.82) is 0 Å². The van der Waals surface area contributed by atoms with E-state index in [9.17, 15) is 4.79 Å². The van der Waals surface area contributed by atoms with E-state index in [1.807, 2.05) is 43.3 Å². The average Bonchev–Trinajstić information content (AvgIpc) is 3.07. The molecule has 1 heterocycles. The number of carbonyl (C=O) groups excluding carboxylic acids is 1. The quantitative estimate of drug-likeness (QED) is 0.288. The minimum absolute atomic E-state index is 0.271. The molecular weight excluding hydrogens is 422 g/mol. The zero-order chi connectivity index (χ0) is 22.5. The van der Waals surface area contributed by atoms with E-state index < -0.39 is 0 Å². The Morgan fingerprint density at radius 2 is 1.78 bits per heavy atom. The summed E-state index contributed by atoms with van der Waals surface area (Å²) in [5, 5.41) is 6.04.